The molecular weight excluding hydrogens is 253 g/mol. The molecule has 0 spiro atoms. The maximum Gasteiger partial charge on any atom is 0.166 e. The molecule has 0 fully saturated rings. The number of carbonyl (C=O) groups is 1. The van der Waals surface area contributed by atoms with Crippen molar-refractivity contribution in [1.29, 1.82) is 0 Å². The smallest absolute Gasteiger partial charge is 0.166 e. The van der Waals surface area contributed by atoms with Crippen LogP contribution in [0, 0.1) is 0 Å². The lowest BCUT2D eigenvalue weighted by molar-refractivity contribution is 0.0985. The van der Waals surface area contributed by atoms with Crippen LogP contribution in [-0.2, 0) is 0 Å². The molecule has 0 aromatic heterocycles. The van der Waals surface area contributed by atoms with Crippen molar-refractivity contribution < 1.29 is 4.79 Å². The van der Waals surface area contributed by atoms with Gasteiger partial charge < -0.3 is 5.73 Å². The summed E-state index contributed by atoms with van der Waals surface area (Å²) in [7, 11) is 0. The first kappa shape index (κ1) is 10.7. The van der Waals surface area contributed by atoms with E-state index in [0.717, 1.165) is 4.47 Å². The summed E-state index contributed by atoms with van der Waals surface area (Å²) in [5.41, 5.74) is 5.81. The molecule has 0 amide bonds. The zero-order chi connectivity index (χ0) is 9.84. The Hall–Kier alpha value is -0.380. The van der Waals surface area contributed by atoms with Gasteiger partial charge in [0.2, 0.25) is 0 Å². The highest BCUT2D eigenvalue weighted by atomic mass is 79.9. The Balaban J connectivity index is 3.05. The molecule has 13 heavy (non-hydrogen) atoms. The first-order valence-electron chi connectivity index (χ1n) is 3.84. The summed E-state index contributed by atoms with van der Waals surface area (Å²) in [5, 5.41) is 0.466. The predicted molar refractivity (Wildman–Crippen MR) is 57.2 cm³/mol. The molecule has 1 rings (SSSR count). The highest BCUT2D eigenvalue weighted by molar-refractivity contribution is 9.10. The molecule has 0 aliphatic carbocycles. The van der Waals surface area contributed by atoms with Gasteiger partial charge in [0.25, 0.3) is 0 Å². The average molecular weight is 263 g/mol. The molecule has 2 N–H and O–H groups in total. The van der Waals surface area contributed by atoms with Crippen LogP contribution < -0.4 is 5.73 Å². The normalized spacial score (nSPS) is 10.1. The van der Waals surface area contributed by atoms with Crippen molar-refractivity contribution in [2.45, 2.75) is 6.42 Å². The molecule has 0 bridgehead atoms. The number of carbonyl (C=O) groups excluding carboxylic acids is 1. The second-order valence-corrected chi connectivity index (χ2v) is 3.82. The molecule has 70 valence electrons. The van der Waals surface area contributed by atoms with E-state index in [1.165, 1.54) is 0 Å². The Bertz CT molecular complexity index is 307. The number of halogens is 2. The Morgan fingerprint density at radius 1 is 1.54 bits per heavy atom. The maximum atomic E-state index is 11.5. The molecule has 0 aliphatic heterocycles. The first-order chi connectivity index (χ1) is 6.16. The van der Waals surface area contributed by atoms with Gasteiger partial charge in [-0.3, -0.25) is 4.79 Å². The van der Waals surface area contributed by atoms with Crippen LogP contribution in [-0.4, -0.2) is 12.3 Å². The maximum absolute atomic E-state index is 11.5. The quantitative estimate of drug-likeness (QED) is 0.851. The number of hydrogen-bond acceptors (Lipinski definition) is 2. The van der Waals surface area contributed by atoms with Crippen molar-refractivity contribution in [2.75, 3.05) is 6.54 Å². The van der Waals surface area contributed by atoms with Crippen LogP contribution >= 0.6 is 27.5 Å². The summed E-state index contributed by atoms with van der Waals surface area (Å²) in [5.74, 6) is -0.0278. The molecule has 0 heterocycles. The average Bonchev–Trinajstić information content (AvgIpc) is 2.04. The van der Waals surface area contributed by atoms with E-state index in [1.54, 1.807) is 18.2 Å². The van der Waals surface area contributed by atoms with Gasteiger partial charge in [-0.05, 0) is 34.6 Å². The Labute approximate surface area is 90.2 Å². The fourth-order valence-electron chi connectivity index (χ4n) is 1.02. The van der Waals surface area contributed by atoms with Crippen molar-refractivity contribution in [3.8, 4) is 0 Å². The molecule has 0 aliphatic rings. The van der Waals surface area contributed by atoms with Crippen molar-refractivity contribution in [1.82, 2.24) is 0 Å². The molecule has 1 aromatic carbocycles. The molecule has 0 saturated carbocycles. The number of hydrogen-bond donors (Lipinski definition) is 1. The van der Waals surface area contributed by atoms with Gasteiger partial charge >= 0.3 is 0 Å². The minimum atomic E-state index is -0.0278. The second kappa shape index (κ2) is 4.74. The van der Waals surface area contributed by atoms with Crippen LogP contribution in [0.4, 0.5) is 0 Å². The van der Waals surface area contributed by atoms with E-state index in [4.69, 9.17) is 17.3 Å². The molecule has 1 aromatic rings. The fraction of sp³-hybridized carbons (Fsp3) is 0.222. The highest BCUT2D eigenvalue weighted by Crippen LogP contribution is 2.25. The second-order valence-electron chi connectivity index (χ2n) is 2.56. The SMILES string of the molecule is NCCC(=O)c1c(Cl)cccc1Br. The summed E-state index contributed by atoms with van der Waals surface area (Å²) < 4.78 is 0.721. The molecule has 0 unspecified atom stereocenters. The Morgan fingerprint density at radius 2 is 2.23 bits per heavy atom. The molecule has 4 heteroatoms. The molecule has 0 saturated heterocycles. The number of nitrogens with two attached hydrogens (primary N) is 1. The number of ketones is 1. The fourth-order valence-corrected chi connectivity index (χ4v) is 2.00. The van der Waals surface area contributed by atoms with Crippen molar-refractivity contribution in [3.63, 3.8) is 0 Å². The van der Waals surface area contributed by atoms with E-state index in [9.17, 15) is 4.79 Å². The molecule has 0 atom stereocenters. The monoisotopic (exact) mass is 261 g/mol. The van der Waals surface area contributed by atoms with Crippen LogP contribution in [0.15, 0.2) is 22.7 Å². The van der Waals surface area contributed by atoms with Crippen LogP contribution in [0.5, 0.6) is 0 Å². The van der Waals surface area contributed by atoms with E-state index >= 15 is 0 Å². The Morgan fingerprint density at radius 3 is 2.77 bits per heavy atom. The molecule has 0 radical (unpaired) electrons. The van der Waals surface area contributed by atoms with Gasteiger partial charge in [0, 0.05) is 10.9 Å². The van der Waals surface area contributed by atoms with E-state index in [0.29, 0.717) is 23.6 Å². The lowest BCUT2D eigenvalue weighted by atomic mass is 10.1. The number of Topliss-reactive ketones (excluding diaryl/α,β-unsaturated/α-hetero) is 1. The third-order valence-corrected chi connectivity index (χ3v) is 2.59. The minimum absolute atomic E-state index is 0.0278. The van der Waals surface area contributed by atoms with Crippen molar-refractivity contribution in [2.24, 2.45) is 5.73 Å². The third-order valence-electron chi connectivity index (χ3n) is 1.61. The van der Waals surface area contributed by atoms with E-state index < -0.39 is 0 Å². The standard InChI is InChI=1S/C9H9BrClNO/c10-6-2-1-3-7(11)9(6)8(13)4-5-12/h1-3H,4-5,12H2. The van der Waals surface area contributed by atoms with E-state index in [2.05, 4.69) is 15.9 Å². The van der Waals surface area contributed by atoms with Gasteiger partial charge in [-0.2, -0.15) is 0 Å². The number of benzene rings is 1. The third kappa shape index (κ3) is 2.53. The van der Waals surface area contributed by atoms with Gasteiger partial charge in [0.15, 0.2) is 5.78 Å². The summed E-state index contributed by atoms with van der Waals surface area (Å²) in [6.07, 6.45) is 0.322. The van der Waals surface area contributed by atoms with E-state index in [1.807, 2.05) is 0 Å². The van der Waals surface area contributed by atoms with Gasteiger partial charge in [-0.1, -0.05) is 17.7 Å². The zero-order valence-corrected chi connectivity index (χ0v) is 9.23. The Kier molecular flexibility index (Phi) is 3.90. The molecule has 2 nitrogen and oxygen atoms in total. The van der Waals surface area contributed by atoms with Gasteiger partial charge in [-0.15, -0.1) is 0 Å². The summed E-state index contributed by atoms with van der Waals surface area (Å²) >= 11 is 9.14. The van der Waals surface area contributed by atoms with Gasteiger partial charge in [0.1, 0.15) is 0 Å². The van der Waals surface area contributed by atoms with Gasteiger partial charge in [0.05, 0.1) is 10.6 Å². The largest absolute Gasteiger partial charge is 0.330 e. The van der Waals surface area contributed by atoms with Crippen molar-refractivity contribution in [3.05, 3.63) is 33.3 Å². The van der Waals surface area contributed by atoms with Crippen LogP contribution in [0.25, 0.3) is 0 Å². The summed E-state index contributed by atoms with van der Waals surface area (Å²) in [4.78, 5) is 11.5. The minimum Gasteiger partial charge on any atom is -0.330 e. The van der Waals surface area contributed by atoms with Gasteiger partial charge in [-0.25, -0.2) is 0 Å². The lowest BCUT2D eigenvalue weighted by Crippen LogP contribution is -2.09. The topological polar surface area (TPSA) is 43.1 Å². The van der Waals surface area contributed by atoms with Crippen LogP contribution in [0.2, 0.25) is 5.02 Å². The van der Waals surface area contributed by atoms with Crippen LogP contribution in [0.1, 0.15) is 16.8 Å². The van der Waals surface area contributed by atoms with Crippen molar-refractivity contribution >= 4 is 33.3 Å². The summed E-state index contributed by atoms with van der Waals surface area (Å²) in [6, 6.07) is 5.26. The predicted octanol–water partition coefficient (Wildman–Crippen LogP) is 2.63. The first-order valence-corrected chi connectivity index (χ1v) is 5.01. The summed E-state index contributed by atoms with van der Waals surface area (Å²) in [6.45, 7) is 0.344. The highest BCUT2D eigenvalue weighted by Gasteiger charge is 2.12. The van der Waals surface area contributed by atoms with E-state index in [-0.39, 0.29) is 5.78 Å². The lowest BCUT2D eigenvalue weighted by Gasteiger charge is -2.04. The molecular formula is C9H9BrClNO. The number of rotatable bonds is 3. The van der Waals surface area contributed by atoms with Crippen LogP contribution in [0.3, 0.4) is 0 Å². The zero-order valence-electron chi connectivity index (χ0n) is 6.89.